The van der Waals surface area contributed by atoms with Crippen LogP contribution in [-0.4, -0.2) is 23.7 Å². The van der Waals surface area contributed by atoms with Crippen LogP contribution in [0.3, 0.4) is 0 Å². The van der Waals surface area contributed by atoms with Gasteiger partial charge in [0.15, 0.2) is 11.5 Å². The van der Waals surface area contributed by atoms with Gasteiger partial charge in [-0.25, -0.2) is 4.98 Å². The van der Waals surface area contributed by atoms with E-state index in [1.807, 2.05) is 6.07 Å². The van der Waals surface area contributed by atoms with Crippen molar-refractivity contribution in [3.05, 3.63) is 23.8 Å². The summed E-state index contributed by atoms with van der Waals surface area (Å²) in [7, 11) is 1.58. The van der Waals surface area contributed by atoms with Crippen molar-refractivity contribution in [3.63, 3.8) is 0 Å². The highest BCUT2D eigenvalue weighted by Gasteiger charge is 2.15. The molecular weight excluding hydrogens is 306 g/mol. The summed E-state index contributed by atoms with van der Waals surface area (Å²) in [6.07, 6.45) is 3.17. The van der Waals surface area contributed by atoms with Crippen LogP contribution in [0.1, 0.15) is 31.7 Å². The topological polar surface area (TPSA) is 120 Å². The quantitative estimate of drug-likeness (QED) is 0.750. The van der Waals surface area contributed by atoms with Crippen LogP contribution in [-0.2, 0) is 0 Å². The Morgan fingerprint density at radius 2 is 1.96 bits per heavy atom. The SMILES string of the molecule is CCCCCOc1cc(-c2nc(N)nc(N)c2C#N)ccc1OC. The molecule has 24 heavy (non-hydrogen) atoms. The fourth-order valence-corrected chi connectivity index (χ4v) is 2.29. The molecule has 0 aliphatic carbocycles. The van der Waals surface area contributed by atoms with Gasteiger partial charge in [-0.05, 0) is 24.6 Å². The molecule has 7 nitrogen and oxygen atoms in total. The lowest BCUT2D eigenvalue weighted by atomic mass is 10.1. The Balaban J connectivity index is 2.40. The van der Waals surface area contributed by atoms with E-state index in [0.29, 0.717) is 29.4 Å². The van der Waals surface area contributed by atoms with Crippen LogP contribution in [0.15, 0.2) is 18.2 Å². The van der Waals surface area contributed by atoms with Gasteiger partial charge in [-0.15, -0.1) is 0 Å². The second-order valence-corrected chi connectivity index (χ2v) is 5.22. The summed E-state index contributed by atoms with van der Waals surface area (Å²) in [5, 5.41) is 9.32. The predicted octanol–water partition coefficient (Wildman–Crippen LogP) is 2.76. The van der Waals surface area contributed by atoms with E-state index in [-0.39, 0.29) is 17.3 Å². The van der Waals surface area contributed by atoms with Crippen molar-refractivity contribution in [3.8, 4) is 28.8 Å². The molecule has 0 bridgehead atoms. The number of unbranched alkanes of at least 4 members (excludes halogenated alkanes) is 2. The standard InChI is InChI=1S/C17H21N5O2/c1-3-4-5-8-24-14-9-11(6-7-13(14)23-2)15-12(10-18)16(19)22-17(20)21-15/h6-7,9H,3-5,8H2,1-2H3,(H4,19,20,21,22). The number of ether oxygens (including phenoxy) is 2. The van der Waals surface area contributed by atoms with Gasteiger partial charge in [-0.2, -0.15) is 10.2 Å². The molecule has 0 saturated heterocycles. The summed E-state index contributed by atoms with van der Waals surface area (Å²) >= 11 is 0. The molecule has 0 unspecified atom stereocenters. The Kier molecular flexibility index (Phi) is 5.79. The Labute approximate surface area is 141 Å². The molecule has 126 valence electrons. The van der Waals surface area contributed by atoms with Gasteiger partial charge in [-0.1, -0.05) is 19.8 Å². The number of nitrogens with two attached hydrogens (primary N) is 2. The van der Waals surface area contributed by atoms with Crippen molar-refractivity contribution < 1.29 is 9.47 Å². The maximum atomic E-state index is 9.32. The number of nitrogen functional groups attached to an aromatic ring is 2. The monoisotopic (exact) mass is 327 g/mol. The van der Waals surface area contributed by atoms with Crippen LogP contribution in [0.5, 0.6) is 11.5 Å². The fraction of sp³-hybridized carbons (Fsp3) is 0.353. The number of nitriles is 1. The molecule has 0 saturated carbocycles. The van der Waals surface area contributed by atoms with E-state index in [1.165, 1.54) is 0 Å². The number of hydrogen-bond acceptors (Lipinski definition) is 7. The molecule has 1 heterocycles. The van der Waals surface area contributed by atoms with Crippen molar-refractivity contribution in [2.24, 2.45) is 0 Å². The van der Waals surface area contributed by atoms with E-state index in [1.54, 1.807) is 25.3 Å². The molecule has 0 fully saturated rings. The van der Waals surface area contributed by atoms with Crippen LogP contribution in [0, 0.1) is 11.3 Å². The van der Waals surface area contributed by atoms with Gasteiger partial charge >= 0.3 is 0 Å². The van der Waals surface area contributed by atoms with Gasteiger partial charge in [0.25, 0.3) is 0 Å². The third-order valence-electron chi connectivity index (χ3n) is 3.51. The second-order valence-electron chi connectivity index (χ2n) is 5.22. The molecule has 4 N–H and O–H groups in total. The van der Waals surface area contributed by atoms with Gasteiger partial charge in [-0.3, -0.25) is 0 Å². The Bertz CT molecular complexity index is 755. The molecule has 0 aliphatic rings. The lowest BCUT2D eigenvalue weighted by Gasteiger charge is -2.13. The van der Waals surface area contributed by atoms with E-state index in [0.717, 1.165) is 19.3 Å². The third kappa shape index (κ3) is 3.84. The summed E-state index contributed by atoms with van der Waals surface area (Å²) in [4.78, 5) is 7.97. The minimum Gasteiger partial charge on any atom is -0.493 e. The molecule has 0 radical (unpaired) electrons. The highest BCUT2D eigenvalue weighted by Crippen LogP contribution is 2.34. The van der Waals surface area contributed by atoms with Crippen molar-refractivity contribution >= 4 is 11.8 Å². The van der Waals surface area contributed by atoms with Gasteiger partial charge < -0.3 is 20.9 Å². The lowest BCUT2D eigenvalue weighted by Crippen LogP contribution is -2.05. The van der Waals surface area contributed by atoms with Crippen molar-refractivity contribution in [2.75, 3.05) is 25.2 Å². The van der Waals surface area contributed by atoms with Gasteiger partial charge in [0.05, 0.1) is 19.4 Å². The minimum atomic E-state index is 0.0164. The van der Waals surface area contributed by atoms with E-state index < -0.39 is 0 Å². The smallest absolute Gasteiger partial charge is 0.222 e. The zero-order valence-electron chi connectivity index (χ0n) is 13.9. The largest absolute Gasteiger partial charge is 0.493 e. The molecule has 0 atom stereocenters. The Hall–Kier alpha value is -3.01. The minimum absolute atomic E-state index is 0.0164. The molecule has 2 aromatic rings. The van der Waals surface area contributed by atoms with E-state index in [2.05, 4.69) is 16.9 Å². The predicted molar refractivity (Wildman–Crippen MR) is 92.6 cm³/mol. The first-order valence-corrected chi connectivity index (χ1v) is 7.75. The average Bonchev–Trinajstić information content (AvgIpc) is 2.58. The van der Waals surface area contributed by atoms with Crippen LogP contribution in [0.2, 0.25) is 0 Å². The average molecular weight is 327 g/mol. The normalized spacial score (nSPS) is 10.2. The van der Waals surface area contributed by atoms with E-state index in [4.69, 9.17) is 20.9 Å². The van der Waals surface area contributed by atoms with E-state index >= 15 is 0 Å². The maximum absolute atomic E-state index is 9.32. The Morgan fingerprint density at radius 1 is 1.17 bits per heavy atom. The van der Waals surface area contributed by atoms with Crippen molar-refractivity contribution in [1.82, 2.24) is 9.97 Å². The van der Waals surface area contributed by atoms with Crippen LogP contribution in [0.4, 0.5) is 11.8 Å². The highest BCUT2D eigenvalue weighted by molar-refractivity contribution is 5.74. The molecule has 0 aliphatic heterocycles. The zero-order chi connectivity index (χ0) is 17.5. The lowest BCUT2D eigenvalue weighted by molar-refractivity contribution is 0.286. The third-order valence-corrected chi connectivity index (χ3v) is 3.51. The maximum Gasteiger partial charge on any atom is 0.222 e. The Morgan fingerprint density at radius 3 is 2.62 bits per heavy atom. The highest BCUT2D eigenvalue weighted by atomic mass is 16.5. The number of hydrogen-bond donors (Lipinski definition) is 2. The summed E-state index contributed by atoms with van der Waals surface area (Å²) in [6, 6.07) is 7.33. The molecule has 0 amide bonds. The van der Waals surface area contributed by atoms with Gasteiger partial charge in [0.1, 0.15) is 17.5 Å². The first kappa shape index (κ1) is 17.3. The fourth-order valence-electron chi connectivity index (χ4n) is 2.29. The number of rotatable bonds is 7. The number of aromatic nitrogens is 2. The summed E-state index contributed by atoms with van der Waals surface area (Å²) in [5.74, 6) is 1.28. The molecule has 1 aromatic heterocycles. The molecule has 1 aromatic carbocycles. The first-order chi connectivity index (χ1) is 11.6. The summed E-state index contributed by atoms with van der Waals surface area (Å²) in [5.41, 5.74) is 12.7. The van der Waals surface area contributed by atoms with E-state index in [9.17, 15) is 5.26 Å². The summed E-state index contributed by atoms with van der Waals surface area (Å²) < 4.78 is 11.1. The van der Waals surface area contributed by atoms with Gasteiger partial charge in [0.2, 0.25) is 5.95 Å². The van der Waals surface area contributed by atoms with Crippen LogP contribution < -0.4 is 20.9 Å². The molecule has 7 heteroatoms. The number of methoxy groups -OCH3 is 1. The van der Waals surface area contributed by atoms with Crippen LogP contribution >= 0.6 is 0 Å². The number of nitrogens with zero attached hydrogens (tertiary/aromatic N) is 3. The molecule has 0 spiro atoms. The zero-order valence-corrected chi connectivity index (χ0v) is 13.9. The molecular formula is C17H21N5O2. The van der Waals surface area contributed by atoms with Gasteiger partial charge in [0, 0.05) is 5.56 Å². The summed E-state index contributed by atoms with van der Waals surface area (Å²) in [6.45, 7) is 2.72. The van der Waals surface area contributed by atoms with Crippen LogP contribution in [0.25, 0.3) is 11.3 Å². The second kappa shape index (κ2) is 8.02. The molecule has 2 rings (SSSR count). The van der Waals surface area contributed by atoms with Crippen molar-refractivity contribution in [1.29, 1.82) is 5.26 Å². The number of anilines is 2. The number of benzene rings is 1. The first-order valence-electron chi connectivity index (χ1n) is 7.75. The van der Waals surface area contributed by atoms with Crippen molar-refractivity contribution in [2.45, 2.75) is 26.2 Å².